The SMILES string of the molecule is C=CCCC(NC(=O)C(C)n1cccn1)C(=O)O. The summed E-state index contributed by atoms with van der Waals surface area (Å²) in [7, 11) is 0. The molecular weight excluding hydrogens is 234 g/mol. The number of aromatic nitrogens is 2. The van der Waals surface area contributed by atoms with E-state index in [1.807, 2.05) is 0 Å². The van der Waals surface area contributed by atoms with E-state index in [0.717, 1.165) is 0 Å². The first-order valence-electron chi connectivity index (χ1n) is 5.69. The van der Waals surface area contributed by atoms with Crippen LogP contribution in [0.2, 0.25) is 0 Å². The van der Waals surface area contributed by atoms with Crippen LogP contribution in [0.15, 0.2) is 31.1 Å². The van der Waals surface area contributed by atoms with Crippen LogP contribution in [0.5, 0.6) is 0 Å². The van der Waals surface area contributed by atoms with E-state index in [9.17, 15) is 9.59 Å². The Balaban J connectivity index is 2.60. The molecule has 6 nitrogen and oxygen atoms in total. The van der Waals surface area contributed by atoms with E-state index in [1.54, 1.807) is 31.5 Å². The van der Waals surface area contributed by atoms with E-state index < -0.39 is 18.1 Å². The second-order valence-corrected chi connectivity index (χ2v) is 3.93. The predicted molar refractivity (Wildman–Crippen MR) is 65.9 cm³/mol. The van der Waals surface area contributed by atoms with Gasteiger partial charge in [0.15, 0.2) is 0 Å². The summed E-state index contributed by atoms with van der Waals surface area (Å²) in [5.41, 5.74) is 0. The van der Waals surface area contributed by atoms with Gasteiger partial charge in [-0.3, -0.25) is 9.48 Å². The van der Waals surface area contributed by atoms with Crippen LogP contribution in [0, 0.1) is 0 Å². The maximum Gasteiger partial charge on any atom is 0.326 e. The monoisotopic (exact) mass is 251 g/mol. The lowest BCUT2D eigenvalue weighted by Gasteiger charge is -2.17. The van der Waals surface area contributed by atoms with Crippen LogP contribution < -0.4 is 5.32 Å². The molecule has 0 fully saturated rings. The molecule has 1 aromatic rings. The number of carboxylic acid groups (broad SMARTS) is 1. The zero-order valence-corrected chi connectivity index (χ0v) is 10.2. The highest BCUT2D eigenvalue weighted by molar-refractivity contribution is 5.85. The highest BCUT2D eigenvalue weighted by Gasteiger charge is 2.23. The van der Waals surface area contributed by atoms with Crippen molar-refractivity contribution in [3.8, 4) is 0 Å². The van der Waals surface area contributed by atoms with Crippen LogP contribution in [0.1, 0.15) is 25.8 Å². The molecule has 6 heteroatoms. The first-order valence-corrected chi connectivity index (χ1v) is 5.69. The number of hydrogen-bond donors (Lipinski definition) is 2. The summed E-state index contributed by atoms with van der Waals surface area (Å²) in [5, 5.41) is 15.4. The topological polar surface area (TPSA) is 84.2 Å². The summed E-state index contributed by atoms with van der Waals surface area (Å²) < 4.78 is 1.47. The number of nitrogens with zero attached hydrogens (tertiary/aromatic N) is 2. The largest absolute Gasteiger partial charge is 0.480 e. The van der Waals surface area contributed by atoms with Crippen LogP contribution in [-0.2, 0) is 9.59 Å². The molecule has 0 spiro atoms. The second-order valence-electron chi connectivity index (χ2n) is 3.93. The van der Waals surface area contributed by atoms with Crippen molar-refractivity contribution in [2.24, 2.45) is 0 Å². The third-order valence-corrected chi connectivity index (χ3v) is 2.58. The predicted octanol–water partition coefficient (Wildman–Crippen LogP) is 0.980. The van der Waals surface area contributed by atoms with Crippen molar-refractivity contribution < 1.29 is 14.7 Å². The Morgan fingerprint density at radius 3 is 2.83 bits per heavy atom. The zero-order valence-electron chi connectivity index (χ0n) is 10.2. The average Bonchev–Trinajstić information content (AvgIpc) is 2.86. The van der Waals surface area contributed by atoms with E-state index in [1.165, 1.54) is 4.68 Å². The van der Waals surface area contributed by atoms with Crippen molar-refractivity contribution in [2.45, 2.75) is 31.8 Å². The van der Waals surface area contributed by atoms with Gasteiger partial charge >= 0.3 is 5.97 Å². The number of amides is 1. The molecule has 98 valence electrons. The number of hydrogen-bond acceptors (Lipinski definition) is 3. The Hall–Kier alpha value is -2.11. The Morgan fingerprint density at radius 2 is 2.33 bits per heavy atom. The summed E-state index contributed by atoms with van der Waals surface area (Å²) in [6.07, 6.45) is 5.71. The molecule has 1 heterocycles. The number of aliphatic carboxylic acids is 1. The number of carbonyl (C=O) groups is 2. The van der Waals surface area contributed by atoms with Gasteiger partial charge in [-0.2, -0.15) is 5.10 Å². The standard InChI is InChI=1S/C12H17N3O3/c1-3-4-6-10(12(17)18)14-11(16)9(2)15-8-5-7-13-15/h3,5,7-10H,1,4,6H2,2H3,(H,14,16)(H,17,18). The minimum Gasteiger partial charge on any atom is -0.480 e. The molecule has 0 radical (unpaired) electrons. The molecule has 1 rings (SSSR count). The van der Waals surface area contributed by atoms with Gasteiger partial charge in [-0.1, -0.05) is 6.08 Å². The number of allylic oxidation sites excluding steroid dienone is 1. The fourth-order valence-electron chi connectivity index (χ4n) is 1.46. The van der Waals surface area contributed by atoms with Crippen LogP contribution in [-0.4, -0.2) is 32.8 Å². The van der Waals surface area contributed by atoms with E-state index in [2.05, 4.69) is 17.0 Å². The maximum atomic E-state index is 11.9. The fraction of sp³-hybridized carbons (Fsp3) is 0.417. The van der Waals surface area contributed by atoms with E-state index >= 15 is 0 Å². The van der Waals surface area contributed by atoms with Gasteiger partial charge in [-0.25, -0.2) is 4.79 Å². The molecule has 0 saturated heterocycles. The third-order valence-electron chi connectivity index (χ3n) is 2.58. The molecule has 1 aromatic heterocycles. The lowest BCUT2D eigenvalue weighted by atomic mass is 10.1. The Kier molecular flexibility index (Phi) is 5.10. The molecule has 18 heavy (non-hydrogen) atoms. The molecular formula is C12H17N3O3. The highest BCUT2D eigenvalue weighted by atomic mass is 16.4. The highest BCUT2D eigenvalue weighted by Crippen LogP contribution is 2.06. The van der Waals surface area contributed by atoms with Crippen LogP contribution in [0.3, 0.4) is 0 Å². The van der Waals surface area contributed by atoms with Crippen molar-refractivity contribution in [1.82, 2.24) is 15.1 Å². The normalized spacial score (nSPS) is 13.6. The van der Waals surface area contributed by atoms with Gasteiger partial charge in [0.2, 0.25) is 5.91 Å². The van der Waals surface area contributed by atoms with Crippen molar-refractivity contribution in [3.63, 3.8) is 0 Å². The van der Waals surface area contributed by atoms with Gasteiger partial charge in [0.1, 0.15) is 12.1 Å². The molecule has 0 saturated carbocycles. The molecule has 0 aliphatic rings. The summed E-state index contributed by atoms with van der Waals surface area (Å²) >= 11 is 0. The van der Waals surface area contributed by atoms with Gasteiger partial charge in [-0.15, -0.1) is 6.58 Å². The Morgan fingerprint density at radius 1 is 1.61 bits per heavy atom. The molecule has 2 N–H and O–H groups in total. The number of carboxylic acids is 1. The lowest BCUT2D eigenvalue weighted by molar-refractivity contribution is -0.142. The average molecular weight is 251 g/mol. The number of nitrogens with one attached hydrogen (secondary N) is 1. The molecule has 0 aliphatic carbocycles. The van der Waals surface area contributed by atoms with Gasteiger partial charge in [0.05, 0.1) is 0 Å². The molecule has 0 bridgehead atoms. The Labute approximate surface area is 105 Å². The Bertz CT molecular complexity index is 414. The van der Waals surface area contributed by atoms with Gasteiger partial charge in [0.25, 0.3) is 0 Å². The molecule has 0 aliphatic heterocycles. The minimum absolute atomic E-state index is 0.330. The van der Waals surface area contributed by atoms with Crippen LogP contribution >= 0.6 is 0 Å². The minimum atomic E-state index is -1.04. The van der Waals surface area contributed by atoms with Crippen molar-refractivity contribution in [3.05, 3.63) is 31.1 Å². The lowest BCUT2D eigenvalue weighted by Crippen LogP contribution is -2.43. The summed E-state index contributed by atoms with van der Waals surface area (Å²) in [6, 6.07) is 0.273. The molecule has 2 unspecified atom stereocenters. The first-order chi connectivity index (χ1) is 8.56. The maximum absolute atomic E-state index is 11.9. The van der Waals surface area contributed by atoms with Gasteiger partial charge < -0.3 is 10.4 Å². The van der Waals surface area contributed by atoms with Crippen LogP contribution in [0.25, 0.3) is 0 Å². The van der Waals surface area contributed by atoms with E-state index in [-0.39, 0.29) is 5.91 Å². The van der Waals surface area contributed by atoms with Gasteiger partial charge in [0, 0.05) is 12.4 Å². The molecule has 0 aromatic carbocycles. The number of carbonyl (C=O) groups excluding carboxylic acids is 1. The summed E-state index contributed by atoms with van der Waals surface area (Å²) in [5.74, 6) is -1.41. The van der Waals surface area contributed by atoms with Crippen molar-refractivity contribution in [1.29, 1.82) is 0 Å². The van der Waals surface area contributed by atoms with Crippen molar-refractivity contribution >= 4 is 11.9 Å². The van der Waals surface area contributed by atoms with E-state index in [4.69, 9.17) is 5.11 Å². The smallest absolute Gasteiger partial charge is 0.326 e. The quantitative estimate of drug-likeness (QED) is 0.707. The first kappa shape index (κ1) is 14.0. The summed E-state index contributed by atoms with van der Waals surface area (Å²) in [4.78, 5) is 22.8. The second kappa shape index (κ2) is 6.58. The molecule has 1 amide bonds. The molecule has 2 atom stereocenters. The third kappa shape index (κ3) is 3.73. The number of rotatable bonds is 7. The van der Waals surface area contributed by atoms with Gasteiger partial charge in [-0.05, 0) is 25.8 Å². The fourth-order valence-corrected chi connectivity index (χ4v) is 1.46. The van der Waals surface area contributed by atoms with E-state index in [0.29, 0.717) is 12.8 Å². The van der Waals surface area contributed by atoms with Crippen molar-refractivity contribution in [2.75, 3.05) is 0 Å². The summed E-state index contributed by atoms with van der Waals surface area (Å²) in [6.45, 7) is 5.19. The van der Waals surface area contributed by atoms with Crippen LogP contribution in [0.4, 0.5) is 0 Å². The zero-order chi connectivity index (χ0) is 13.5.